The monoisotopic (exact) mass is 183 g/mol. The molecule has 0 unspecified atom stereocenters. The van der Waals surface area contributed by atoms with Crippen molar-refractivity contribution in [2.45, 2.75) is 39.2 Å². The first-order chi connectivity index (χ1) is 5.67. The van der Waals surface area contributed by atoms with E-state index < -0.39 is 0 Å². The van der Waals surface area contributed by atoms with Gasteiger partial charge in [-0.2, -0.15) is 0 Å². The van der Waals surface area contributed by atoms with Gasteiger partial charge in [0.05, 0.1) is 0 Å². The first kappa shape index (κ1) is 7.69. The molecule has 1 N–H and O–H groups in total. The Morgan fingerprint density at radius 1 is 1.42 bits per heavy atom. The van der Waals surface area contributed by atoms with Gasteiger partial charge in [-0.05, 0) is 30.6 Å². The molecule has 1 spiro atoms. The highest BCUT2D eigenvalue weighted by atomic mass is 32.2. The molecule has 12 heavy (non-hydrogen) atoms. The normalized spacial score (nSPS) is 54.5. The molecular weight excluding hydrogens is 166 g/mol. The molecule has 0 radical (unpaired) electrons. The molecule has 2 heteroatoms. The second kappa shape index (κ2) is 2.03. The second-order valence-corrected chi connectivity index (χ2v) is 6.12. The van der Waals surface area contributed by atoms with Gasteiger partial charge in [-0.25, -0.2) is 0 Å². The van der Waals surface area contributed by atoms with Crippen LogP contribution in [0.5, 0.6) is 0 Å². The van der Waals surface area contributed by atoms with Crippen LogP contribution in [0.4, 0.5) is 0 Å². The summed E-state index contributed by atoms with van der Waals surface area (Å²) in [6, 6.07) is 0.844. The van der Waals surface area contributed by atoms with Crippen molar-refractivity contribution in [2.24, 2.45) is 16.7 Å². The van der Waals surface area contributed by atoms with E-state index in [9.17, 15) is 0 Å². The SMILES string of the molecule is CC1(C)[C@H]2CC[C@]13CSN[C@H]3C2. The summed E-state index contributed by atoms with van der Waals surface area (Å²) in [5.74, 6) is 2.37. The van der Waals surface area contributed by atoms with Crippen LogP contribution >= 0.6 is 11.9 Å². The molecule has 0 aromatic heterocycles. The van der Waals surface area contributed by atoms with Crippen LogP contribution in [0, 0.1) is 16.7 Å². The number of rotatable bonds is 0. The molecule has 2 saturated carbocycles. The van der Waals surface area contributed by atoms with E-state index in [4.69, 9.17) is 0 Å². The minimum absolute atomic E-state index is 0.619. The van der Waals surface area contributed by atoms with Gasteiger partial charge in [-0.1, -0.05) is 25.8 Å². The molecule has 68 valence electrons. The zero-order valence-electron chi connectivity index (χ0n) is 7.89. The van der Waals surface area contributed by atoms with Gasteiger partial charge in [-0.3, -0.25) is 4.72 Å². The lowest BCUT2D eigenvalue weighted by Crippen LogP contribution is -2.39. The molecule has 1 heterocycles. The molecule has 3 rings (SSSR count). The largest absolute Gasteiger partial charge is 0.260 e. The van der Waals surface area contributed by atoms with Crippen molar-refractivity contribution in [2.75, 3.05) is 5.75 Å². The average molecular weight is 183 g/mol. The second-order valence-electron chi connectivity index (χ2n) is 5.31. The summed E-state index contributed by atoms with van der Waals surface area (Å²) in [7, 11) is 0. The summed E-state index contributed by atoms with van der Waals surface area (Å²) >= 11 is 1.97. The zero-order chi connectivity index (χ0) is 8.40. The summed E-state index contributed by atoms with van der Waals surface area (Å²) in [6.45, 7) is 5.00. The number of hydrogen-bond acceptors (Lipinski definition) is 2. The van der Waals surface area contributed by atoms with E-state index in [1.165, 1.54) is 25.0 Å². The van der Waals surface area contributed by atoms with Gasteiger partial charge in [0, 0.05) is 17.2 Å². The lowest BCUT2D eigenvalue weighted by Gasteiger charge is -2.36. The fourth-order valence-electron chi connectivity index (χ4n) is 3.86. The number of hydrogen-bond donors (Lipinski definition) is 1. The molecule has 3 fully saturated rings. The van der Waals surface area contributed by atoms with Crippen LogP contribution in [0.15, 0.2) is 0 Å². The molecule has 2 bridgehead atoms. The van der Waals surface area contributed by atoms with Gasteiger partial charge in [-0.15, -0.1) is 0 Å². The van der Waals surface area contributed by atoms with E-state index in [0.717, 1.165) is 12.0 Å². The van der Waals surface area contributed by atoms with E-state index >= 15 is 0 Å². The molecule has 0 amide bonds. The predicted molar refractivity (Wildman–Crippen MR) is 52.9 cm³/mol. The van der Waals surface area contributed by atoms with E-state index in [2.05, 4.69) is 18.6 Å². The Morgan fingerprint density at radius 2 is 2.25 bits per heavy atom. The zero-order valence-corrected chi connectivity index (χ0v) is 8.71. The first-order valence-electron chi connectivity index (χ1n) is 5.04. The molecule has 2 aliphatic carbocycles. The van der Waals surface area contributed by atoms with Crippen molar-refractivity contribution >= 4 is 11.9 Å². The maximum absolute atomic E-state index is 3.61. The average Bonchev–Trinajstić information content (AvgIpc) is 2.60. The van der Waals surface area contributed by atoms with Crippen molar-refractivity contribution in [1.29, 1.82) is 0 Å². The third kappa shape index (κ3) is 0.609. The van der Waals surface area contributed by atoms with Gasteiger partial charge in [0.1, 0.15) is 0 Å². The summed E-state index contributed by atoms with van der Waals surface area (Å²) in [5, 5.41) is 0. The van der Waals surface area contributed by atoms with E-state index in [1.807, 2.05) is 11.9 Å². The number of fused-ring (bicyclic) bond motifs is 1. The van der Waals surface area contributed by atoms with Crippen molar-refractivity contribution in [1.82, 2.24) is 4.72 Å². The lowest BCUT2D eigenvalue weighted by molar-refractivity contribution is 0.147. The third-order valence-corrected chi connectivity index (χ3v) is 6.10. The molecule has 3 atom stereocenters. The van der Waals surface area contributed by atoms with Crippen LogP contribution in [0.2, 0.25) is 0 Å². The fraction of sp³-hybridized carbons (Fsp3) is 1.00. The first-order valence-corrected chi connectivity index (χ1v) is 6.03. The van der Waals surface area contributed by atoms with Crippen LogP contribution in [0.3, 0.4) is 0 Å². The van der Waals surface area contributed by atoms with E-state index in [0.29, 0.717) is 10.8 Å². The summed E-state index contributed by atoms with van der Waals surface area (Å²) in [4.78, 5) is 0. The molecule has 1 aliphatic heterocycles. The molecular formula is C10H17NS. The molecule has 0 aromatic rings. The predicted octanol–water partition coefficient (Wildman–Crippen LogP) is 2.43. The van der Waals surface area contributed by atoms with Crippen molar-refractivity contribution in [3.8, 4) is 0 Å². The van der Waals surface area contributed by atoms with Crippen LogP contribution < -0.4 is 4.72 Å². The highest BCUT2D eigenvalue weighted by molar-refractivity contribution is 7.97. The van der Waals surface area contributed by atoms with Crippen LogP contribution in [0.25, 0.3) is 0 Å². The highest BCUT2D eigenvalue weighted by Gasteiger charge is 2.65. The molecule has 1 nitrogen and oxygen atoms in total. The summed E-state index contributed by atoms with van der Waals surface area (Å²) < 4.78 is 3.61. The van der Waals surface area contributed by atoms with Crippen molar-refractivity contribution < 1.29 is 0 Å². The minimum Gasteiger partial charge on any atom is -0.260 e. The van der Waals surface area contributed by atoms with Crippen molar-refractivity contribution in [3.05, 3.63) is 0 Å². The Morgan fingerprint density at radius 3 is 2.92 bits per heavy atom. The van der Waals surface area contributed by atoms with Gasteiger partial charge in [0.15, 0.2) is 0 Å². The fourth-order valence-corrected chi connectivity index (χ4v) is 5.44. The molecule has 1 saturated heterocycles. The Labute approximate surface area is 78.8 Å². The Kier molecular flexibility index (Phi) is 1.30. The molecule has 0 aromatic carbocycles. The standard InChI is InChI=1S/C10H17NS/c1-9(2)7-3-4-10(9)6-12-11-8(10)5-7/h7-8,11H,3-6H2,1-2H3/t7-,8-,10+/m0/s1. The Bertz CT molecular complexity index is 222. The van der Waals surface area contributed by atoms with E-state index in [1.54, 1.807) is 0 Å². The van der Waals surface area contributed by atoms with Crippen LogP contribution in [-0.2, 0) is 0 Å². The lowest BCUT2D eigenvalue weighted by atomic mass is 9.69. The van der Waals surface area contributed by atoms with E-state index in [-0.39, 0.29) is 0 Å². The quantitative estimate of drug-likeness (QED) is 0.579. The Hall–Kier alpha value is 0.310. The maximum Gasteiger partial charge on any atom is 0.0244 e. The molecule has 3 aliphatic rings. The summed E-state index contributed by atoms with van der Waals surface area (Å²) in [6.07, 6.45) is 4.42. The van der Waals surface area contributed by atoms with Gasteiger partial charge in [0.25, 0.3) is 0 Å². The highest BCUT2D eigenvalue weighted by Crippen LogP contribution is 2.68. The Balaban J connectivity index is 2.09. The summed E-state index contributed by atoms with van der Waals surface area (Å²) in [5.41, 5.74) is 1.29. The third-order valence-electron chi connectivity index (χ3n) is 4.99. The number of nitrogens with one attached hydrogen (secondary N) is 1. The smallest absolute Gasteiger partial charge is 0.0244 e. The van der Waals surface area contributed by atoms with Crippen LogP contribution in [-0.4, -0.2) is 11.8 Å². The van der Waals surface area contributed by atoms with Crippen LogP contribution in [0.1, 0.15) is 33.1 Å². The van der Waals surface area contributed by atoms with Gasteiger partial charge >= 0.3 is 0 Å². The maximum atomic E-state index is 3.61. The topological polar surface area (TPSA) is 12.0 Å². The van der Waals surface area contributed by atoms with Gasteiger partial charge < -0.3 is 0 Å². The minimum atomic E-state index is 0.619. The van der Waals surface area contributed by atoms with Gasteiger partial charge in [0.2, 0.25) is 0 Å². The van der Waals surface area contributed by atoms with Crippen molar-refractivity contribution in [3.63, 3.8) is 0 Å².